The normalized spacial score (nSPS) is 21.0. The van der Waals surface area contributed by atoms with Gasteiger partial charge in [0.05, 0.1) is 5.56 Å². The number of carbonyl (C=O) groups is 3. The minimum Gasteiger partial charge on any atom is -0.478 e. The van der Waals surface area contributed by atoms with E-state index in [9.17, 15) is 27.6 Å². The fraction of sp³-hybridized carbons (Fsp3) is 0.400. The molecular weight excluding hydrogens is 329 g/mol. The number of halogens is 3. The SMILES string of the molecule is O=C(O)c1ccc(CNC(=O)[C@@H]2CC[C@H](C(F)(F)F)NC2=O)cc1. The molecule has 2 atom stereocenters. The molecule has 1 aromatic carbocycles. The van der Waals surface area contributed by atoms with E-state index in [1.807, 2.05) is 5.32 Å². The van der Waals surface area contributed by atoms with Gasteiger partial charge in [-0.1, -0.05) is 12.1 Å². The van der Waals surface area contributed by atoms with Gasteiger partial charge in [0, 0.05) is 6.54 Å². The summed E-state index contributed by atoms with van der Waals surface area (Å²) in [4.78, 5) is 34.4. The van der Waals surface area contributed by atoms with E-state index in [0.29, 0.717) is 5.56 Å². The lowest BCUT2D eigenvalue weighted by molar-refractivity contribution is -0.171. The number of alkyl halides is 3. The number of hydrogen-bond donors (Lipinski definition) is 3. The molecule has 0 aromatic heterocycles. The van der Waals surface area contributed by atoms with E-state index in [1.54, 1.807) is 0 Å². The third-order valence-corrected chi connectivity index (χ3v) is 3.76. The maximum Gasteiger partial charge on any atom is 0.408 e. The highest BCUT2D eigenvalue weighted by Gasteiger charge is 2.45. The summed E-state index contributed by atoms with van der Waals surface area (Å²) in [6, 6.07) is 3.82. The number of carboxylic acid groups (broad SMARTS) is 1. The van der Waals surface area contributed by atoms with Crippen LogP contribution in [-0.2, 0) is 16.1 Å². The molecule has 0 radical (unpaired) electrons. The van der Waals surface area contributed by atoms with Crippen LogP contribution in [-0.4, -0.2) is 35.1 Å². The number of carboxylic acids is 1. The number of amides is 2. The number of hydrogen-bond acceptors (Lipinski definition) is 3. The zero-order chi connectivity index (χ0) is 17.9. The molecule has 24 heavy (non-hydrogen) atoms. The molecule has 1 fully saturated rings. The monoisotopic (exact) mass is 344 g/mol. The summed E-state index contributed by atoms with van der Waals surface area (Å²) in [5.41, 5.74) is 0.702. The van der Waals surface area contributed by atoms with E-state index in [1.165, 1.54) is 24.3 Å². The van der Waals surface area contributed by atoms with E-state index >= 15 is 0 Å². The predicted octanol–water partition coefficient (Wildman–Crippen LogP) is 1.46. The van der Waals surface area contributed by atoms with Crippen LogP contribution in [0.5, 0.6) is 0 Å². The van der Waals surface area contributed by atoms with Crippen LogP contribution >= 0.6 is 0 Å². The van der Waals surface area contributed by atoms with Crippen molar-refractivity contribution >= 4 is 17.8 Å². The van der Waals surface area contributed by atoms with Gasteiger partial charge in [-0.15, -0.1) is 0 Å². The molecule has 2 rings (SSSR count). The average molecular weight is 344 g/mol. The Morgan fingerprint density at radius 3 is 2.33 bits per heavy atom. The Labute approximate surface area is 135 Å². The molecule has 9 heteroatoms. The van der Waals surface area contributed by atoms with Crippen molar-refractivity contribution < 1.29 is 32.7 Å². The van der Waals surface area contributed by atoms with Crippen LogP contribution in [0.1, 0.15) is 28.8 Å². The lowest BCUT2D eigenvalue weighted by Crippen LogP contribution is -2.54. The molecule has 0 spiro atoms. The topological polar surface area (TPSA) is 95.5 Å². The zero-order valence-corrected chi connectivity index (χ0v) is 12.4. The van der Waals surface area contributed by atoms with Crippen LogP contribution in [0.2, 0.25) is 0 Å². The van der Waals surface area contributed by atoms with Gasteiger partial charge in [-0.3, -0.25) is 9.59 Å². The Balaban J connectivity index is 1.89. The first kappa shape index (κ1) is 17.8. The summed E-state index contributed by atoms with van der Waals surface area (Å²) in [6.07, 6.45) is -5.05. The van der Waals surface area contributed by atoms with E-state index < -0.39 is 35.9 Å². The molecule has 6 nitrogen and oxygen atoms in total. The Morgan fingerprint density at radius 1 is 1.21 bits per heavy atom. The van der Waals surface area contributed by atoms with Crippen LogP contribution in [0.15, 0.2) is 24.3 Å². The molecule has 2 amide bonds. The molecule has 0 unspecified atom stereocenters. The smallest absolute Gasteiger partial charge is 0.408 e. The van der Waals surface area contributed by atoms with E-state index in [4.69, 9.17) is 5.11 Å². The molecule has 1 saturated heterocycles. The standard InChI is InChI=1S/C15H15F3N2O4/c16-15(17,18)11-6-5-10(13(22)20-11)12(21)19-7-8-1-3-9(4-2-8)14(23)24/h1-4,10-11H,5-7H2,(H,19,21)(H,20,22)(H,23,24)/t10-,11+/m0/s1. The van der Waals surface area contributed by atoms with Crippen molar-refractivity contribution in [2.75, 3.05) is 0 Å². The quantitative estimate of drug-likeness (QED) is 0.721. The highest BCUT2D eigenvalue weighted by Crippen LogP contribution is 2.28. The highest BCUT2D eigenvalue weighted by atomic mass is 19.4. The molecule has 0 aliphatic carbocycles. The second-order valence-electron chi connectivity index (χ2n) is 5.45. The van der Waals surface area contributed by atoms with Gasteiger partial charge < -0.3 is 15.7 Å². The summed E-state index contributed by atoms with van der Waals surface area (Å²) in [5.74, 6) is -3.84. The van der Waals surface area contributed by atoms with Crippen LogP contribution in [0.3, 0.4) is 0 Å². The third-order valence-electron chi connectivity index (χ3n) is 3.76. The first-order valence-electron chi connectivity index (χ1n) is 7.15. The molecule has 1 aliphatic heterocycles. The van der Waals surface area contributed by atoms with E-state index in [2.05, 4.69) is 5.32 Å². The summed E-state index contributed by atoms with van der Waals surface area (Å²) in [7, 11) is 0. The number of rotatable bonds is 4. The van der Waals surface area contributed by atoms with Gasteiger partial charge in [-0.05, 0) is 30.5 Å². The summed E-state index contributed by atoms with van der Waals surface area (Å²) in [5, 5.41) is 13.1. The number of benzene rings is 1. The van der Waals surface area contributed by atoms with E-state index in [0.717, 1.165) is 0 Å². The van der Waals surface area contributed by atoms with Gasteiger partial charge in [0.2, 0.25) is 11.8 Å². The first-order valence-corrected chi connectivity index (χ1v) is 7.15. The Morgan fingerprint density at radius 2 is 1.83 bits per heavy atom. The van der Waals surface area contributed by atoms with Gasteiger partial charge in [-0.2, -0.15) is 13.2 Å². The molecule has 130 valence electrons. The molecule has 0 saturated carbocycles. The van der Waals surface area contributed by atoms with Crippen molar-refractivity contribution in [3.05, 3.63) is 35.4 Å². The molecule has 1 heterocycles. The van der Waals surface area contributed by atoms with Gasteiger partial charge >= 0.3 is 12.1 Å². The molecule has 3 N–H and O–H groups in total. The van der Waals surface area contributed by atoms with Crippen molar-refractivity contribution in [1.29, 1.82) is 0 Å². The maximum absolute atomic E-state index is 12.5. The second-order valence-corrected chi connectivity index (χ2v) is 5.45. The van der Waals surface area contributed by atoms with Gasteiger partial charge in [0.1, 0.15) is 12.0 Å². The van der Waals surface area contributed by atoms with Crippen molar-refractivity contribution in [3.63, 3.8) is 0 Å². The largest absolute Gasteiger partial charge is 0.478 e. The van der Waals surface area contributed by atoms with Gasteiger partial charge in [0.15, 0.2) is 0 Å². The van der Waals surface area contributed by atoms with Crippen molar-refractivity contribution in [3.8, 4) is 0 Å². The molecule has 1 aliphatic rings. The lowest BCUT2D eigenvalue weighted by Gasteiger charge is -2.29. The second kappa shape index (κ2) is 6.90. The van der Waals surface area contributed by atoms with E-state index in [-0.39, 0.29) is 24.9 Å². The Bertz CT molecular complexity index is 643. The molecule has 1 aromatic rings. The Kier molecular flexibility index (Phi) is 5.10. The van der Waals surface area contributed by atoms with Crippen LogP contribution in [0, 0.1) is 5.92 Å². The summed E-state index contributed by atoms with van der Waals surface area (Å²) >= 11 is 0. The number of nitrogens with one attached hydrogen (secondary N) is 2. The van der Waals surface area contributed by atoms with Crippen molar-refractivity contribution in [2.24, 2.45) is 5.92 Å². The minimum atomic E-state index is -4.52. The minimum absolute atomic E-state index is 0.0468. The predicted molar refractivity (Wildman–Crippen MR) is 76.0 cm³/mol. The average Bonchev–Trinajstić information content (AvgIpc) is 2.52. The van der Waals surface area contributed by atoms with Crippen LogP contribution in [0.25, 0.3) is 0 Å². The van der Waals surface area contributed by atoms with Gasteiger partial charge in [-0.25, -0.2) is 4.79 Å². The van der Waals surface area contributed by atoms with Crippen molar-refractivity contribution in [2.45, 2.75) is 31.6 Å². The van der Waals surface area contributed by atoms with Crippen molar-refractivity contribution in [1.82, 2.24) is 10.6 Å². The Hall–Kier alpha value is -2.58. The lowest BCUT2D eigenvalue weighted by atomic mass is 9.92. The number of aromatic carboxylic acids is 1. The summed E-state index contributed by atoms with van der Waals surface area (Å²) < 4.78 is 37.6. The fourth-order valence-corrected chi connectivity index (χ4v) is 2.38. The fourth-order valence-electron chi connectivity index (χ4n) is 2.38. The third kappa shape index (κ3) is 4.24. The zero-order valence-electron chi connectivity index (χ0n) is 12.4. The summed E-state index contributed by atoms with van der Waals surface area (Å²) in [6.45, 7) is 0.0468. The highest BCUT2D eigenvalue weighted by molar-refractivity contribution is 6.00. The van der Waals surface area contributed by atoms with Gasteiger partial charge in [0.25, 0.3) is 0 Å². The number of piperidine rings is 1. The first-order chi connectivity index (χ1) is 11.2. The van der Waals surface area contributed by atoms with Crippen LogP contribution < -0.4 is 10.6 Å². The number of carbonyl (C=O) groups excluding carboxylic acids is 2. The van der Waals surface area contributed by atoms with Crippen LogP contribution in [0.4, 0.5) is 13.2 Å². The molecule has 0 bridgehead atoms. The maximum atomic E-state index is 12.5. The molecular formula is C15H15F3N2O4.